The van der Waals surface area contributed by atoms with Crippen LogP contribution in [0.3, 0.4) is 0 Å². The number of rotatable bonds is 8. The van der Waals surface area contributed by atoms with Gasteiger partial charge < -0.3 is 20.9 Å². The normalized spacial score (nSPS) is 18.9. The van der Waals surface area contributed by atoms with Crippen LogP contribution in [0.2, 0.25) is 0 Å². The van der Waals surface area contributed by atoms with Crippen LogP contribution in [-0.2, 0) is 23.6 Å². The van der Waals surface area contributed by atoms with Gasteiger partial charge in [0, 0.05) is 32.2 Å². The minimum atomic E-state index is -4.74. The Kier molecular flexibility index (Phi) is 8.34. The third kappa shape index (κ3) is 6.66. The molecule has 3 heterocycles. The number of nitrogens with two attached hydrogens (primary N) is 1. The molecule has 38 heavy (non-hydrogen) atoms. The molecule has 0 radical (unpaired) electrons. The van der Waals surface area contributed by atoms with Gasteiger partial charge >= 0.3 is 12.4 Å². The van der Waals surface area contributed by atoms with E-state index in [1.165, 1.54) is 23.1 Å². The van der Waals surface area contributed by atoms with E-state index in [0.717, 1.165) is 31.4 Å². The summed E-state index contributed by atoms with van der Waals surface area (Å²) in [5.74, 6) is -0.963. The van der Waals surface area contributed by atoms with Crippen molar-refractivity contribution in [3.63, 3.8) is 0 Å². The number of nitrogens with one attached hydrogen (secondary N) is 1. The Morgan fingerprint density at radius 1 is 0.947 bits per heavy atom. The van der Waals surface area contributed by atoms with Gasteiger partial charge in [0.05, 0.1) is 5.56 Å². The summed E-state index contributed by atoms with van der Waals surface area (Å²) < 4.78 is 79.0. The van der Waals surface area contributed by atoms with Crippen molar-refractivity contribution >= 4 is 17.5 Å². The molecule has 13 heteroatoms. The lowest BCUT2D eigenvalue weighted by atomic mass is 9.93. The highest BCUT2D eigenvalue weighted by Gasteiger charge is 2.40. The maximum absolute atomic E-state index is 13.6. The molecule has 0 unspecified atom stereocenters. The molecular weight excluding hydrogens is 514 g/mol. The second-order valence-electron chi connectivity index (χ2n) is 9.65. The Hall–Kier alpha value is -3.09. The second kappa shape index (κ2) is 11.3. The zero-order valence-corrected chi connectivity index (χ0v) is 20.7. The Morgan fingerprint density at radius 2 is 1.61 bits per heavy atom. The van der Waals surface area contributed by atoms with E-state index < -0.39 is 29.8 Å². The van der Waals surface area contributed by atoms with Crippen molar-refractivity contribution in [3.8, 4) is 0 Å². The average Bonchev–Trinajstić information content (AvgIpc) is 2.83. The molecule has 1 aromatic carbocycles. The van der Waals surface area contributed by atoms with Crippen LogP contribution in [0, 0.1) is 5.92 Å². The summed E-state index contributed by atoms with van der Waals surface area (Å²) in [5.41, 5.74) is 5.50. The van der Waals surface area contributed by atoms with E-state index in [1.807, 2.05) is 4.90 Å². The topological polar surface area (TPSA) is 87.4 Å². The maximum Gasteiger partial charge on any atom is 0.451 e. The van der Waals surface area contributed by atoms with E-state index in [1.54, 1.807) is 0 Å². The molecule has 1 amide bonds. The molecule has 0 bridgehead atoms. The lowest BCUT2D eigenvalue weighted by Crippen LogP contribution is -2.57. The molecule has 208 valence electrons. The van der Waals surface area contributed by atoms with E-state index in [2.05, 4.69) is 15.3 Å². The summed E-state index contributed by atoms with van der Waals surface area (Å²) in [6.45, 7) is 2.24. The zero-order valence-electron chi connectivity index (χ0n) is 20.7. The fourth-order valence-corrected chi connectivity index (χ4v) is 4.79. The smallest absolute Gasteiger partial charge is 0.356 e. The second-order valence-corrected chi connectivity index (χ2v) is 9.65. The van der Waals surface area contributed by atoms with Gasteiger partial charge in [0.15, 0.2) is 0 Å². The number of alkyl halides is 6. The zero-order chi connectivity index (χ0) is 27.5. The summed E-state index contributed by atoms with van der Waals surface area (Å²) in [6.07, 6.45) is -5.91. The van der Waals surface area contributed by atoms with Crippen LogP contribution in [0.15, 0.2) is 30.3 Å². The molecule has 2 fully saturated rings. The minimum Gasteiger partial charge on any atom is -0.356 e. The molecule has 2 aromatic rings. The maximum atomic E-state index is 13.6. The van der Waals surface area contributed by atoms with Gasteiger partial charge in [0.2, 0.25) is 11.7 Å². The van der Waals surface area contributed by atoms with Crippen molar-refractivity contribution in [1.29, 1.82) is 0 Å². The average molecular weight is 545 g/mol. The molecule has 0 saturated carbocycles. The van der Waals surface area contributed by atoms with Gasteiger partial charge in [-0.2, -0.15) is 26.3 Å². The molecule has 3 N–H and O–H groups in total. The van der Waals surface area contributed by atoms with Crippen LogP contribution < -0.4 is 20.9 Å². The van der Waals surface area contributed by atoms with Crippen LogP contribution in [0.1, 0.15) is 42.6 Å². The molecule has 0 spiro atoms. The van der Waals surface area contributed by atoms with Crippen molar-refractivity contribution in [2.24, 2.45) is 11.7 Å². The van der Waals surface area contributed by atoms with Gasteiger partial charge in [-0.3, -0.25) is 4.79 Å². The molecule has 2 aliphatic rings. The predicted octanol–water partition coefficient (Wildman–Crippen LogP) is 4.02. The molecule has 7 nitrogen and oxygen atoms in total. The first kappa shape index (κ1) is 27.9. The molecule has 2 aliphatic heterocycles. The van der Waals surface area contributed by atoms with Crippen LogP contribution in [0.25, 0.3) is 0 Å². The minimum absolute atomic E-state index is 0.0422. The fraction of sp³-hybridized carbons (Fsp3) is 0.560. The Labute approximate surface area is 216 Å². The Balaban J connectivity index is 1.40. The van der Waals surface area contributed by atoms with Crippen molar-refractivity contribution in [3.05, 3.63) is 47.3 Å². The number of nitrogens with zero attached hydrogens (tertiary/aromatic N) is 4. The Morgan fingerprint density at radius 3 is 2.16 bits per heavy atom. The lowest BCUT2D eigenvalue weighted by Gasteiger charge is -2.41. The number of carbonyl (C=O) groups is 1. The summed E-state index contributed by atoms with van der Waals surface area (Å²) in [7, 11) is 0. The SMILES string of the molecule is NCCC1CCN(c2cc(N3CC[C@H]3C(=O)NCCc3ccc(C(F)(F)F)cc3)nc(C(F)(F)F)n2)CC1. The van der Waals surface area contributed by atoms with Crippen molar-refractivity contribution in [2.75, 3.05) is 42.5 Å². The van der Waals surface area contributed by atoms with Crippen LogP contribution >= 0.6 is 0 Å². The lowest BCUT2D eigenvalue weighted by molar-refractivity contribution is -0.144. The van der Waals surface area contributed by atoms with Gasteiger partial charge in [-0.25, -0.2) is 9.97 Å². The quantitative estimate of drug-likeness (QED) is 0.489. The number of piperidine rings is 1. The van der Waals surface area contributed by atoms with Gasteiger partial charge in [-0.05, 0) is 62.3 Å². The van der Waals surface area contributed by atoms with Gasteiger partial charge in [-0.15, -0.1) is 0 Å². The third-order valence-corrected chi connectivity index (χ3v) is 7.08. The molecular formula is C25H30F6N6O. The van der Waals surface area contributed by atoms with E-state index >= 15 is 0 Å². The van der Waals surface area contributed by atoms with Crippen molar-refractivity contribution in [2.45, 2.75) is 50.5 Å². The van der Waals surface area contributed by atoms with Crippen molar-refractivity contribution < 1.29 is 31.1 Å². The number of halogens is 6. The number of benzene rings is 1. The highest BCUT2D eigenvalue weighted by Crippen LogP contribution is 2.34. The van der Waals surface area contributed by atoms with E-state index in [4.69, 9.17) is 5.73 Å². The highest BCUT2D eigenvalue weighted by atomic mass is 19.4. The number of amides is 1. The van der Waals surface area contributed by atoms with E-state index in [-0.39, 0.29) is 24.1 Å². The largest absolute Gasteiger partial charge is 0.451 e. The van der Waals surface area contributed by atoms with E-state index in [9.17, 15) is 31.1 Å². The molecule has 1 aromatic heterocycles. The van der Waals surface area contributed by atoms with Crippen molar-refractivity contribution in [1.82, 2.24) is 15.3 Å². The summed E-state index contributed by atoms with van der Waals surface area (Å²) >= 11 is 0. The standard InChI is InChI=1S/C25H30F6N6O/c26-24(27,28)18-3-1-16(2-4-18)6-11-33-22(38)19-9-14-37(19)21-15-20(34-23(35-21)25(29,30)31)36-12-7-17(5-10-32)8-13-36/h1-4,15,17,19H,5-14,32H2,(H,33,38)/t19-/m0/s1. The third-order valence-electron chi connectivity index (χ3n) is 7.08. The van der Waals surface area contributed by atoms with Gasteiger partial charge in [0.25, 0.3) is 0 Å². The Bertz CT molecular complexity index is 1100. The van der Waals surface area contributed by atoms with Gasteiger partial charge in [0.1, 0.15) is 17.7 Å². The number of aromatic nitrogens is 2. The first-order chi connectivity index (χ1) is 18.0. The highest BCUT2D eigenvalue weighted by molar-refractivity contribution is 5.86. The number of hydrogen-bond acceptors (Lipinski definition) is 6. The fourth-order valence-electron chi connectivity index (χ4n) is 4.79. The summed E-state index contributed by atoms with van der Waals surface area (Å²) in [4.78, 5) is 23.6. The number of hydrogen-bond donors (Lipinski definition) is 2. The molecule has 4 rings (SSSR count). The predicted molar refractivity (Wildman–Crippen MR) is 130 cm³/mol. The monoisotopic (exact) mass is 544 g/mol. The first-order valence-corrected chi connectivity index (χ1v) is 12.6. The summed E-state index contributed by atoms with van der Waals surface area (Å²) in [5, 5.41) is 2.73. The number of carbonyl (C=O) groups excluding carboxylic acids is 1. The van der Waals surface area contributed by atoms with Gasteiger partial charge in [-0.1, -0.05) is 12.1 Å². The van der Waals surface area contributed by atoms with Crippen LogP contribution in [-0.4, -0.2) is 54.6 Å². The first-order valence-electron chi connectivity index (χ1n) is 12.6. The molecule has 1 atom stereocenters. The van der Waals surface area contributed by atoms with Crippen LogP contribution in [0.4, 0.5) is 38.0 Å². The summed E-state index contributed by atoms with van der Waals surface area (Å²) in [6, 6.07) is 5.48. The van der Waals surface area contributed by atoms with Crippen LogP contribution in [0.5, 0.6) is 0 Å². The molecule has 2 saturated heterocycles. The van der Waals surface area contributed by atoms with E-state index in [0.29, 0.717) is 50.5 Å². The molecule has 0 aliphatic carbocycles. The number of anilines is 2.